The lowest BCUT2D eigenvalue weighted by atomic mass is 9.95. The van der Waals surface area contributed by atoms with Gasteiger partial charge in [0.1, 0.15) is 4.90 Å². The van der Waals surface area contributed by atoms with Crippen molar-refractivity contribution in [3.63, 3.8) is 0 Å². The number of sulfonamides is 1. The summed E-state index contributed by atoms with van der Waals surface area (Å²) in [7, 11) is -1.95. The van der Waals surface area contributed by atoms with E-state index in [1.54, 1.807) is 11.0 Å². The Labute approximate surface area is 172 Å². The van der Waals surface area contributed by atoms with Crippen LogP contribution < -0.4 is 0 Å². The molecule has 152 valence electrons. The predicted octanol–water partition coefficient (Wildman–Crippen LogP) is 4.29. The normalized spacial score (nSPS) is 17.9. The van der Waals surface area contributed by atoms with Crippen LogP contribution >= 0.6 is 23.2 Å². The van der Waals surface area contributed by atoms with E-state index in [2.05, 4.69) is 20.8 Å². The molecule has 1 aliphatic heterocycles. The van der Waals surface area contributed by atoms with Gasteiger partial charge < -0.3 is 4.90 Å². The molecule has 1 unspecified atom stereocenters. The van der Waals surface area contributed by atoms with Crippen LogP contribution in [0.4, 0.5) is 0 Å². The van der Waals surface area contributed by atoms with Crippen molar-refractivity contribution in [2.24, 2.45) is 11.8 Å². The van der Waals surface area contributed by atoms with E-state index in [4.69, 9.17) is 23.2 Å². The Bertz CT molecular complexity index is 755. The average Bonchev–Trinajstić information content (AvgIpc) is 2.59. The second-order valence-electron chi connectivity index (χ2n) is 7.66. The van der Waals surface area contributed by atoms with Gasteiger partial charge in [0, 0.05) is 32.1 Å². The molecule has 0 radical (unpaired) electrons. The molecule has 0 bridgehead atoms. The van der Waals surface area contributed by atoms with Gasteiger partial charge in [-0.1, -0.05) is 43.1 Å². The Hall–Kier alpha value is -0.820. The van der Waals surface area contributed by atoms with Crippen molar-refractivity contribution in [3.05, 3.63) is 28.2 Å². The Morgan fingerprint density at radius 2 is 1.70 bits per heavy atom. The molecule has 8 heteroatoms. The molecule has 0 aliphatic carbocycles. The smallest absolute Gasteiger partial charge is 0.246 e. The zero-order chi connectivity index (χ0) is 20.4. The maximum absolute atomic E-state index is 12.9. The van der Waals surface area contributed by atoms with Gasteiger partial charge in [-0.15, -0.1) is 0 Å². The number of hydrogen-bond donors (Lipinski definition) is 0. The van der Waals surface area contributed by atoms with E-state index >= 15 is 0 Å². The van der Waals surface area contributed by atoms with Gasteiger partial charge in [-0.3, -0.25) is 4.79 Å². The summed E-state index contributed by atoms with van der Waals surface area (Å²) in [6, 6.07) is 4.81. The van der Waals surface area contributed by atoms with Crippen LogP contribution in [0, 0.1) is 11.8 Å². The van der Waals surface area contributed by atoms with E-state index in [1.165, 1.54) is 16.4 Å². The first-order chi connectivity index (χ1) is 12.6. The number of hydrogen-bond acceptors (Lipinski definition) is 3. The zero-order valence-electron chi connectivity index (χ0n) is 16.3. The van der Waals surface area contributed by atoms with Crippen LogP contribution in [0.5, 0.6) is 0 Å². The summed E-state index contributed by atoms with van der Waals surface area (Å²) in [5.41, 5.74) is 0. The largest absolute Gasteiger partial charge is 0.343 e. The molecular weight excluding hydrogens is 407 g/mol. The van der Waals surface area contributed by atoms with E-state index < -0.39 is 10.0 Å². The standard InChI is InChI=1S/C19H28Cl2N2O3S/c1-13(2)12-14(3)22(4)19(24)15-8-10-23(11-9-15)27(25,26)18-16(20)6-5-7-17(18)21/h5-7,13-15H,8-12H2,1-4H3. The minimum Gasteiger partial charge on any atom is -0.343 e. The molecule has 0 aromatic heterocycles. The van der Waals surface area contributed by atoms with E-state index in [-0.39, 0.29) is 45.9 Å². The van der Waals surface area contributed by atoms with E-state index in [1.807, 2.05) is 7.05 Å². The number of piperidine rings is 1. The van der Waals surface area contributed by atoms with Gasteiger partial charge in [-0.2, -0.15) is 4.31 Å². The molecular formula is C19H28Cl2N2O3S. The number of halogens is 2. The number of nitrogens with zero attached hydrogens (tertiary/aromatic N) is 2. The summed E-state index contributed by atoms with van der Waals surface area (Å²) < 4.78 is 27.2. The number of amides is 1. The van der Waals surface area contributed by atoms with Crippen molar-refractivity contribution < 1.29 is 13.2 Å². The highest BCUT2D eigenvalue weighted by atomic mass is 35.5. The van der Waals surface area contributed by atoms with Crippen molar-refractivity contribution in [3.8, 4) is 0 Å². The molecule has 0 saturated carbocycles. The van der Waals surface area contributed by atoms with E-state index in [0.29, 0.717) is 18.8 Å². The second kappa shape index (κ2) is 9.12. The van der Waals surface area contributed by atoms with Crippen LogP contribution in [0.25, 0.3) is 0 Å². The minimum atomic E-state index is -3.78. The number of carbonyl (C=O) groups excluding carboxylic acids is 1. The van der Waals surface area contributed by atoms with Crippen LogP contribution in [0.1, 0.15) is 40.0 Å². The number of benzene rings is 1. The van der Waals surface area contributed by atoms with E-state index in [9.17, 15) is 13.2 Å². The summed E-state index contributed by atoms with van der Waals surface area (Å²) >= 11 is 12.2. The summed E-state index contributed by atoms with van der Waals surface area (Å²) in [5.74, 6) is 0.455. The van der Waals surface area contributed by atoms with Crippen molar-refractivity contribution in [1.82, 2.24) is 9.21 Å². The highest BCUT2D eigenvalue weighted by Gasteiger charge is 2.35. The average molecular weight is 435 g/mol. The van der Waals surface area contributed by atoms with Gasteiger partial charge in [-0.05, 0) is 44.2 Å². The first-order valence-electron chi connectivity index (χ1n) is 9.26. The molecule has 1 fully saturated rings. The molecule has 5 nitrogen and oxygen atoms in total. The van der Waals surface area contributed by atoms with Gasteiger partial charge in [-0.25, -0.2) is 8.42 Å². The summed E-state index contributed by atoms with van der Waals surface area (Å²) in [4.78, 5) is 14.5. The monoisotopic (exact) mass is 434 g/mol. The third kappa shape index (κ3) is 5.17. The van der Waals surface area contributed by atoms with Crippen LogP contribution in [-0.2, 0) is 14.8 Å². The molecule has 1 atom stereocenters. The summed E-state index contributed by atoms with van der Waals surface area (Å²) in [6.07, 6.45) is 1.94. The van der Waals surface area contributed by atoms with Crippen LogP contribution in [0.3, 0.4) is 0 Å². The first kappa shape index (κ1) is 22.5. The van der Waals surface area contributed by atoms with Crippen molar-refractivity contribution in [1.29, 1.82) is 0 Å². The number of rotatable bonds is 6. The van der Waals surface area contributed by atoms with Crippen molar-refractivity contribution in [2.45, 2.75) is 51.0 Å². The molecule has 1 aromatic carbocycles. The van der Waals surface area contributed by atoms with Crippen molar-refractivity contribution in [2.75, 3.05) is 20.1 Å². The Kier molecular flexibility index (Phi) is 7.59. The molecule has 0 spiro atoms. The third-order valence-electron chi connectivity index (χ3n) is 5.14. The molecule has 1 heterocycles. The van der Waals surface area contributed by atoms with Crippen molar-refractivity contribution >= 4 is 39.1 Å². The lowest BCUT2D eigenvalue weighted by Gasteiger charge is -2.35. The van der Waals surface area contributed by atoms with Gasteiger partial charge >= 0.3 is 0 Å². The topological polar surface area (TPSA) is 57.7 Å². The fourth-order valence-electron chi connectivity index (χ4n) is 3.55. The SMILES string of the molecule is CC(C)CC(C)N(C)C(=O)C1CCN(S(=O)(=O)c2c(Cl)cccc2Cl)CC1. The van der Waals surface area contributed by atoms with Crippen LogP contribution in [0.2, 0.25) is 10.0 Å². The van der Waals surface area contributed by atoms with Crippen LogP contribution in [0.15, 0.2) is 23.1 Å². The Balaban J connectivity index is 2.05. The maximum atomic E-state index is 12.9. The Morgan fingerprint density at radius 1 is 1.19 bits per heavy atom. The molecule has 1 saturated heterocycles. The van der Waals surface area contributed by atoms with Crippen LogP contribution in [-0.4, -0.2) is 49.7 Å². The van der Waals surface area contributed by atoms with Gasteiger partial charge in [0.05, 0.1) is 10.0 Å². The number of carbonyl (C=O) groups is 1. The molecule has 0 N–H and O–H groups in total. The zero-order valence-corrected chi connectivity index (χ0v) is 18.6. The molecule has 27 heavy (non-hydrogen) atoms. The maximum Gasteiger partial charge on any atom is 0.246 e. The first-order valence-corrected chi connectivity index (χ1v) is 11.5. The molecule has 1 aromatic rings. The molecule has 2 rings (SSSR count). The third-order valence-corrected chi connectivity index (χ3v) is 8.00. The minimum absolute atomic E-state index is 0.0548. The fourth-order valence-corrected chi connectivity index (χ4v) is 6.11. The highest BCUT2D eigenvalue weighted by molar-refractivity contribution is 7.89. The second-order valence-corrected chi connectivity index (χ2v) is 10.3. The summed E-state index contributed by atoms with van der Waals surface area (Å²) in [6.45, 7) is 6.90. The van der Waals surface area contributed by atoms with E-state index in [0.717, 1.165) is 6.42 Å². The Morgan fingerprint density at radius 3 is 2.19 bits per heavy atom. The summed E-state index contributed by atoms with van der Waals surface area (Å²) in [5, 5.41) is 0.228. The fraction of sp³-hybridized carbons (Fsp3) is 0.632. The van der Waals surface area contributed by atoms with Gasteiger partial charge in [0.15, 0.2) is 0 Å². The highest BCUT2D eigenvalue weighted by Crippen LogP contribution is 2.33. The quantitative estimate of drug-likeness (QED) is 0.670. The lowest BCUT2D eigenvalue weighted by Crippen LogP contribution is -2.45. The van der Waals surface area contributed by atoms with Gasteiger partial charge in [0.25, 0.3) is 0 Å². The molecule has 1 aliphatic rings. The van der Waals surface area contributed by atoms with Gasteiger partial charge in [0.2, 0.25) is 15.9 Å². The predicted molar refractivity (Wildman–Crippen MR) is 110 cm³/mol. The lowest BCUT2D eigenvalue weighted by molar-refractivity contribution is -0.137. The molecule has 1 amide bonds.